The number of pyridine rings is 1. The maximum atomic E-state index is 13.8. The van der Waals surface area contributed by atoms with Gasteiger partial charge < -0.3 is 0 Å². The first-order valence-corrected chi connectivity index (χ1v) is 7.11. The van der Waals surface area contributed by atoms with Crippen molar-refractivity contribution in [1.29, 1.82) is 0 Å². The van der Waals surface area contributed by atoms with Crippen LogP contribution in [0.2, 0.25) is 0 Å². The third-order valence-corrected chi connectivity index (χ3v) is 3.76. The summed E-state index contributed by atoms with van der Waals surface area (Å²) in [6.45, 7) is -0.338. The largest absolute Gasteiger partial charge is 0.433 e. The molecular weight excluding hydrogens is 342 g/mol. The minimum Gasteiger partial charge on any atom is -0.280 e. The fourth-order valence-corrected chi connectivity index (χ4v) is 2.47. The second kappa shape index (κ2) is 5.83. The first-order chi connectivity index (χ1) is 11.7. The van der Waals surface area contributed by atoms with Gasteiger partial charge in [-0.3, -0.25) is 13.9 Å². The van der Waals surface area contributed by atoms with E-state index in [4.69, 9.17) is 0 Å². The summed E-state index contributed by atoms with van der Waals surface area (Å²) in [5, 5.41) is -0.161. The predicted molar refractivity (Wildman–Crippen MR) is 81.7 cm³/mol. The topological polar surface area (TPSA) is 56.9 Å². The number of hydrogen-bond acceptors (Lipinski definition) is 3. The molecule has 0 saturated carbocycles. The molecule has 0 spiro atoms. The maximum absolute atomic E-state index is 13.8. The van der Waals surface area contributed by atoms with Gasteiger partial charge in [0.05, 0.1) is 11.9 Å². The molecule has 2 heterocycles. The van der Waals surface area contributed by atoms with Gasteiger partial charge in [-0.15, -0.1) is 0 Å². The molecular formula is C16H11F4N3O2. The second-order valence-electron chi connectivity index (χ2n) is 5.39. The number of hydrogen-bond donors (Lipinski definition) is 0. The van der Waals surface area contributed by atoms with Gasteiger partial charge in [0.1, 0.15) is 17.2 Å². The van der Waals surface area contributed by atoms with Crippen molar-refractivity contribution in [3.05, 3.63) is 74.3 Å². The Balaban J connectivity index is 2.24. The number of rotatable bonds is 2. The van der Waals surface area contributed by atoms with Gasteiger partial charge in [-0.1, -0.05) is 18.2 Å². The van der Waals surface area contributed by atoms with E-state index in [1.165, 1.54) is 25.2 Å². The molecule has 1 aromatic carbocycles. The summed E-state index contributed by atoms with van der Waals surface area (Å²) in [5.41, 5.74) is -3.19. The summed E-state index contributed by atoms with van der Waals surface area (Å²) in [5.74, 6) is -0.595. The van der Waals surface area contributed by atoms with Crippen molar-refractivity contribution in [2.75, 3.05) is 0 Å². The van der Waals surface area contributed by atoms with Gasteiger partial charge in [-0.2, -0.15) is 13.2 Å². The second-order valence-corrected chi connectivity index (χ2v) is 5.39. The van der Waals surface area contributed by atoms with Crippen molar-refractivity contribution in [3.8, 4) is 0 Å². The van der Waals surface area contributed by atoms with E-state index in [1.807, 2.05) is 0 Å². The highest BCUT2D eigenvalue weighted by molar-refractivity contribution is 5.74. The third kappa shape index (κ3) is 2.92. The Hall–Kier alpha value is -2.97. The molecule has 130 valence electrons. The van der Waals surface area contributed by atoms with E-state index in [0.29, 0.717) is 6.07 Å². The smallest absolute Gasteiger partial charge is 0.280 e. The first-order valence-electron chi connectivity index (χ1n) is 7.11. The van der Waals surface area contributed by atoms with Crippen LogP contribution in [-0.4, -0.2) is 14.1 Å². The standard InChI is InChI=1S/C16H11F4N3O2/c1-22-13-10(6-7-12(21-13)16(18,19)20)14(24)23(15(22)25)8-9-4-2-3-5-11(9)17/h2-7H,8H2,1H3. The minimum absolute atomic E-state index is 0.112. The molecule has 0 aliphatic heterocycles. The van der Waals surface area contributed by atoms with E-state index in [9.17, 15) is 27.2 Å². The van der Waals surface area contributed by atoms with Crippen LogP contribution in [0, 0.1) is 5.82 Å². The van der Waals surface area contributed by atoms with E-state index in [-0.39, 0.29) is 23.1 Å². The van der Waals surface area contributed by atoms with Crippen molar-refractivity contribution in [3.63, 3.8) is 0 Å². The third-order valence-electron chi connectivity index (χ3n) is 3.76. The van der Waals surface area contributed by atoms with Gasteiger partial charge in [0.15, 0.2) is 0 Å². The lowest BCUT2D eigenvalue weighted by molar-refractivity contribution is -0.141. The summed E-state index contributed by atoms with van der Waals surface area (Å²) in [6, 6.07) is 7.24. The van der Waals surface area contributed by atoms with Gasteiger partial charge in [-0.05, 0) is 18.2 Å². The predicted octanol–water partition coefficient (Wildman–Crippen LogP) is 2.30. The number of benzene rings is 1. The molecule has 0 aliphatic carbocycles. The molecule has 0 fully saturated rings. The Morgan fingerprint density at radius 3 is 2.40 bits per heavy atom. The first kappa shape index (κ1) is 16.9. The van der Waals surface area contributed by atoms with Crippen molar-refractivity contribution < 1.29 is 17.6 Å². The van der Waals surface area contributed by atoms with E-state index in [0.717, 1.165) is 15.2 Å². The zero-order valence-corrected chi connectivity index (χ0v) is 12.8. The summed E-state index contributed by atoms with van der Waals surface area (Å²) < 4.78 is 53.7. The van der Waals surface area contributed by atoms with Crippen LogP contribution in [0.5, 0.6) is 0 Å². The van der Waals surface area contributed by atoms with Crippen LogP contribution < -0.4 is 11.2 Å². The molecule has 0 radical (unpaired) electrons. The molecule has 3 rings (SSSR count). The van der Waals surface area contributed by atoms with Gasteiger partial charge in [0.2, 0.25) is 0 Å². The van der Waals surface area contributed by atoms with Gasteiger partial charge in [-0.25, -0.2) is 14.2 Å². The van der Waals surface area contributed by atoms with Gasteiger partial charge >= 0.3 is 11.9 Å². The molecule has 0 aliphatic rings. The summed E-state index contributed by atoms with van der Waals surface area (Å²) in [7, 11) is 1.20. The van der Waals surface area contributed by atoms with E-state index >= 15 is 0 Å². The fraction of sp³-hybridized carbons (Fsp3) is 0.188. The Morgan fingerprint density at radius 1 is 1.08 bits per heavy atom. The molecule has 0 unspecified atom stereocenters. The Morgan fingerprint density at radius 2 is 1.76 bits per heavy atom. The van der Waals surface area contributed by atoms with Crippen LogP contribution in [0.15, 0.2) is 46.0 Å². The lowest BCUT2D eigenvalue weighted by Crippen LogP contribution is -2.40. The van der Waals surface area contributed by atoms with Crippen LogP contribution in [0.25, 0.3) is 11.0 Å². The fourth-order valence-electron chi connectivity index (χ4n) is 2.47. The molecule has 0 N–H and O–H groups in total. The number of fused-ring (bicyclic) bond motifs is 1. The molecule has 0 amide bonds. The van der Waals surface area contributed by atoms with Crippen molar-refractivity contribution in [2.45, 2.75) is 12.7 Å². The number of aromatic nitrogens is 3. The van der Waals surface area contributed by atoms with Gasteiger partial charge in [0, 0.05) is 12.6 Å². The molecule has 9 heteroatoms. The minimum atomic E-state index is -4.70. The lowest BCUT2D eigenvalue weighted by Gasteiger charge is -2.12. The van der Waals surface area contributed by atoms with Crippen molar-refractivity contribution in [2.24, 2.45) is 7.05 Å². The molecule has 25 heavy (non-hydrogen) atoms. The zero-order valence-electron chi connectivity index (χ0n) is 12.8. The number of alkyl halides is 3. The zero-order chi connectivity index (χ0) is 18.4. The average Bonchev–Trinajstić information content (AvgIpc) is 2.57. The Bertz CT molecular complexity index is 1080. The summed E-state index contributed by atoms with van der Waals surface area (Å²) in [4.78, 5) is 28.2. The molecule has 0 bridgehead atoms. The molecule has 0 atom stereocenters. The summed E-state index contributed by atoms with van der Waals surface area (Å²) in [6.07, 6.45) is -4.70. The summed E-state index contributed by atoms with van der Waals surface area (Å²) >= 11 is 0. The van der Waals surface area contributed by atoms with Crippen LogP contribution in [-0.2, 0) is 19.8 Å². The van der Waals surface area contributed by atoms with E-state index < -0.39 is 28.9 Å². The highest BCUT2D eigenvalue weighted by Gasteiger charge is 2.33. The van der Waals surface area contributed by atoms with Crippen LogP contribution in [0.1, 0.15) is 11.3 Å². The molecule has 3 aromatic rings. The van der Waals surface area contributed by atoms with Crippen LogP contribution in [0.4, 0.5) is 17.6 Å². The van der Waals surface area contributed by atoms with Crippen molar-refractivity contribution in [1.82, 2.24) is 14.1 Å². The lowest BCUT2D eigenvalue weighted by atomic mass is 10.2. The molecule has 5 nitrogen and oxygen atoms in total. The number of nitrogens with zero attached hydrogens (tertiary/aromatic N) is 3. The van der Waals surface area contributed by atoms with Crippen LogP contribution >= 0.6 is 0 Å². The van der Waals surface area contributed by atoms with E-state index in [2.05, 4.69) is 4.98 Å². The number of aryl methyl sites for hydroxylation is 1. The molecule has 2 aromatic heterocycles. The normalized spacial score (nSPS) is 11.9. The quantitative estimate of drug-likeness (QED) is 0.665. The van der Waals surface area contributed by atoms with Crippen LogP contribution in [0.3, 0.4) is 0 Å². The maximum Gasteiger partial charge on any atom is 0.433 e. The van der Waals surface area contributed by atoms with Gasteiger partial charge in [0.25, 0.3) is 5.56 Å². The Labute approximate surface area is 137 Å². The SMILES string of the molecule is Cn1c(=O)n(Cc2ccccc2F)c(=O)c2ccc(C(F)(F)F)nc21. The average molecular weight is 353 g/mol. The monoisotopic (exact) mass is 353 g/mol. The highest BCUT2D eigenvalue weighted by Crippen LogP contribution is 2.28. The highest BCUT2D eigenvalue weighted by atomic mass is 19.4. The number of halogens is 4. The molecule has 0 saturated heterocycles. The van der Waals surface area contributed by atoms with E-state index in [1.54, 1.807) is 6.07 Å². The Kier molecular flexibility index (Phi) is 3.94. The van der Waals surface area contributed by atoms with Crippen molar-refractivity contribution >= 4 is 11.0 Å².